The number of nitrogens with one attached hydrogen (secondary N) is 3. The van der Waals surface area contributed by atoms with Gasteiger partial charge >= 0.3 is 0 Å². The summed E-state index contributed by atoms with van der Waals surface area (Å²) in [6.45, 7) is 10.2. The molecule has 0 aliphatic rings. The van der Waals surface area contributed by atoms with Gasteiger partial charge in [-0.25, -0.2) is 0 Å². The highest BCUT2D eigenvalue weighted by molar-refractivity contribution is 5.84. The fourth-order valence-electron chi connectivity index (χ4n) is 0.933. The SMILES string of the molecule is C=CC(N)=O.NCCNCCNCCNCCN. The topological polar surface area (TPSA) is 131 Å². The molecule has 0 aliphatic heterocycles. The Morgan fingerprint density at radius 3 is 1.39 bits per heavy atom. The van der Waals surface area contributed by atoms with E-state index in [9.17, 15) is 4.79 Å². The second kappa shape index (κ2) is 18.4. The first-order chi connectivity index (χ1) is 8.68. The average molecular weight is 260 g/mol. The summed E-state index contributed by atoms with van der Waals surface area (Å²) in [4.78, 5) is 9.47. The van der Waals surface area contributed by atoms with Crippen molar-refractivity contribution in [1.82, 2.24) is 16.0 Å². The minimum Gasteiger partial charge on any atom is -0.366 e. The van der Waals surface area contributed by atoms with Gasteiger partial charge < -0.3 is 33.2 Å². The molecule has 0 aliphatic carbocycles. The summed E-state index contributed by atoms with van der Waals surface area (Å²) in [6, 6.07) is 0. The van der Waals surface area contributed by atoms with Crippen LogP contribution in [0.1, 0.15) is 0 Å². The average Bonchev–Trinajstić information content (AvgIpc) is 2.37. The smallest absolute Gasteiger partial charge is 0.240 e. The fourth-order valence-corrected chi connectivity index (χ4v) is 0.933. The number of rotatable bonds is 11. The summed E-state index contributed by atoms with van der Waals surface area (Å²) in [7, 11) is 0. The predicted octanol–water partition coefficient (Wildman–Crippen LogP) is -2.67. The molecule has 7 heteroatoms. The lowest BCUT2D eigenvalue weighted by Gasteiger charge is -2.06. The molecule has 0 bridgehead atoms. The van der Waals surface area contributed by atoms with E-state index in [0.717, 1.165) is 45.3 Å². The molecule has 0 saturated heterocycles. The van der Waals surface area contributed by atoms with Crippen LogP contribution in [0.2, 0.25) is 0 Å². The van der Waals surface area contributed by atoms with Crippen LogP contribution in [0.3, 0.4) is 0 Å². The van der Waals surface area contributed by atoms with Crippen LogP contribution >= 0.6 is 0 Å². The lowest BCUT2D eigenvalue weighted by Crippen LogP contribution is -2.35. The van der Waals surface area contributed by atoms with E-state index in [1.807, 2.05) is 0 Å². The maximum absolute atomic E-state index is 9.47. The number of amides is 1. The maximum Gasteiger partial charge on any atom is 0.240 e. The third kappa shape index (κ3) is 24.3. The normalized spacial score (nSPS) is 9.44. The minimum absolute atomic E-state index is 0.481. The monoisotopic (exact) mass is 260 g/mol. The van der Waals surface area contributed by atoms with Gasteiger partial charge in [-0.3, -0.25) is 4.79 Å². The molecule has 0 unspecified atom stereocenters. The van der Waals surface area contributed by atoms with Crippen molar-refractivity contribution in [3.63, 3.8) is 0 Å². The third-order valence-corrected chi connectivity index (χ3v) is 1.80. The van der Waals surface area contributed by atoms with Crippen LogP contribution in [-0.4, -0.2) is 58.3 Å². The van der Waals surface area contributed by atoms with E-state index >= 15 is 0 Å². The van der Waals surface area contributed by atoms with E-state index in [-0.39, 0.29) is 0 Å². The predicted molar refractivity (Wildman–Crippen MR) is 76.1 cm³/mol. The van der Waals surface area contributed by atoms with Gasteiger partial charge in [0, 0.05) is 52.4 Å². The van der Waals surface area contributed by atoms with E-state index in [1.165, 1.54) is 0 Å². The van der Waals surface area contributed by atoms with Crippen LogP contribution in [0.15, 0.2) is 12.7 Å². The van der Waals surface area contributed by atoms with Gasteiger partial charge in [0.2, 0.25) is 5.91 Å². The molecule has 0 aromatic heterocycles. The molecular formula is C11H28N6O. The molecule has 0 fully saturated rings. The van der Waals surface area contributed by atoms with Gasteiger partial charge in [-0.15, -0.1) is 0 Å². The number of carbonyl (C=O) groups is 1. The third-order valence-electron chi connectivity index (χ3n) is 1.80. The van der Waals surface area contributed by atoms with E-state index in [2.05, 4.69) is 28.3 Å². The lowest BCUT2D eigenvalue weighted by molar-refractivity contribution is -0.113. The lowest BCUT2D eigenvalue weighted by atomic mass is 10.5. The van der Waals surface area contributed by atoms with Crippen LogP contribution in [0.4, 0.5) is 0 Å². The number of hydrogen-bond donors (Lipinski definition) is 6. The maximum atomic E-state index is 9.47. The number of nitrogens with two attached hydrogens (primary N) is 3. The van der Waals surface area contributed by atoms with Crippen LogP contribution < -0.4 is 33.2 Å². The summed E-state index contributed by atoms with van der Waals surface area (Å²) in [5.74, 6) is -0.481. The second-order valence-electron chi connectivity index (χ2n) is 3.43. The van der Waals surface area contributed by atoms with Crippen molar-refractivity contribution in [2.45, 2.75) is 0 Å². The van der Waals surface area contributed by atoms with Crippen LogP contribution in [0.5, 0.6) is 0 Å². The zero-order valence-electron chi connectivity index (χ0n) is 11.1. The Bertz CT molecular complexity index is 178. The van der Waals surface area contributed by atoms with Gasteiger partial charge in [0.25, 0.3) is 0 Å². The minimum atomic E-state index is -0.481. The Morgan fingerprint density at radius 2 is 1.17 bits per heavy atom. The molecular weight excluding hydrogens is 232 g/mol. The van der Waals surface area contributed by atoms with E-state index in [4.69, 9.17) is 11.5 Å². The van der Waals surface area contributed by atoms with Gasteiger partial charge in [-0.05, 0) is 6.08 Å². The quantitative estimate of drug-likeness (QED) is 0.177. The summed E-state index contributed by atoms with van der Waals surface area (Å²) < 4.78 is 0. The first kappa shape index (κ1) is 19.4. The molecule has 18 heavy (non-hydrogen) atoms. The largest absolute Gasteiger partial charge is 0.366 e. The Labute approximate surface area is 110 Å². The van der Waals surface area contributed by atoms with E-state index < -0.39 is 5.91 Å². The second-order valence-corrected chi connectivity index (χ2v) is 3.43. The van der Waals surface area contributed by atoms with Crippen LogP contribution in [0, 0.1) is 0 Å². The van der Waals surface area contributed by atoms with Gasteiger partial charge in [-0.2, -0.15) is 0 Å². The summed E-state index contributed by atoms with van der Waals surface area (Å²) in [6.07, 6.45) is 1.06. The molecule has 0 aromatic carbocycles. The molecule has 7 nitrogen and oxygen atoms in total. The zero-order valence-corrected chi connectivity index (χ0v) is 11.1. The Hall–Kier alpha value is -0.990. The van der Waals surface area contributed by atoms with Gasteiger partial charge in [-0.1, -0.05) is 6.58 Å². The highest BCUT2D eigenvalue weighted by Crippen LogP contribution is 1.60. The molecule has 0 radical (unpaired) electrons. The highest BCUT2D eigenvalue weighted by Gasteiger charge is 1.87. The fraction of sp³-hybridized carbons (Fsp3) is 0.727. The molecule has 9 N–H and O–H groups in total. The Morgan fingerprint density at radius 1 is 0.889 bits per heavy atom. The Balaban J connectivity index is 0. The van der Waals surface area contributed by atoms with Crippen molar-refractivity contribution in [1.29, 1.82) is 0 Å². The summed E-state index contributed by atoms with van der Waals surface area (Å²) in [5.41, 5.74) is 15.2. The number of carbonyl (C=O) groups excluding carboxylic acids is 1. The molecule has 0 spiro atoms. The standard InChI is InChI=1S/C8H23N5.C3H5NO/c9-1-3-11-5-7-13-8-6-12-4-2-10;1-2-3(4)5/h11-13H,1-10H2;2H,1H2,(H2,4,5). The van der Waals surface area contributed by atoms with Gasteiger partial charge in [0.15, 0.2) is 0 Å². The van der Waals surface area contributed by atoms with Crippen LogP contribution in [-0.2, 0) is 4.79 Å². The summed E-state index contributed by atoms with van der Waals surface area (Å²) in [5, 5.41) is 9.71. The van der Waals surface area contributed by atoms with Crippen molar-refractivity contribution < 1.29 is 4.79 Å². The number of hydrogen-bond acceptors (Lipinski definition) is 6. The number of primary amides is 1. The van der Waals surface area contributed by atoms with Gasteiger partial charge in [0.1, 0.15) is 0 Å². The van der Waals surface area contributed by atoms with Gasteiger partial charge in [0.05, 0.1) is 0 Å². The zero-order chi connectivity index (χ0) is 14.1. The molecule has 1 amide bonds. The van der Waals surface area contributed by atoms with Crippen molar-refractivity contribution in [2.24, 2.45) is 17.2 Å². The van der Waals surface area contributed by atoms with Crippen LogP contribution in [0.25, 0.3) is 0 Å². The molecule has 0 aromatic rings. The van der Waals surface area contributed by atoms with Crippen molar-refractivity contribution in [2.75, 3.05) is 52.4 Å². The van der Waals surface area contributed by atoms with E-state index in [1.54, 1.807) is 0 Å². The van der Waals surface area contributed by atoms with Crippen molar-refractivity contribution in [3.8, 4) is 0 Å². The first-order valence-electron chi connectivity index (χ1n) is 6.13. The molecule has 0 rings (SSSR count). The molecule has 0 atom stereocenters. The molecule has 108 valence electrons. The Kier molecular flexibility index (Phi) is 19.8. The van der Waals surface area contributed by atoms with Crippen molar-refractivity contribution in [3.05, 3.63) is 12.7 Å². The first-order valence-corrected chi connectivity index (χ1v) is 6.13. The molecule has 0 heterocycles. The highest BCUT2D eigenvalue weighted by atomic mass is 16.1. The molecule has 0 saturated carbocycles. The van der Waals surface area contributed by atoms with E-state index in [0.29, 0.717) is 13.1 Å². The van der Waals surface area contributed by atoms with Crippen molar-refractivity contribution >= 4 is 5.91 Å². The summed E-state index contributed by atoms with van der Waals surface area (Å²) >= 11 is 0.